The predicted molar refractivity (Wildman–Crippen MR) is 109 cm³/mol. The van der Waals surface area contributed by atoms with E-state index in [0.29, 0.717) is 24.0 Å². The Morgan fingerprint density at radius 3 is 2.79 bits per heavy atom. The first-order chi connectivity index (χ1) is 13.8. The Bertz CT molecular complexity index is 611. The molecule has 1 N–H and O–H groups in total. The van der Waals surface area contributed by atoms with Gasteiger partial charge in [-0.1, -0.05) is 6.07 Å². The van der Waals surface area contributed by atoms with E-state index in [1.807, 2.05) is 30.0 Å². The number of hydrogen-bond donors (Lipinski definition) is 1. The molecule has 2 aliphatic heterocycles. The van der Waals surface area contributed by atoms with Crippen molar-refractivity contribution in [3.63, 3.8) is 0 Å². The highest BCUT2D eigenvalue weighted by Gasteiger charge is 2.18. The lowest BCUT2D eigenvalue weighted by molar-refractivity contribution is -0.134. The van der Waals surface area contributed by atoms with Crippen LogP contribution in [0.4, 0.5) is 0 Å². The summed E-state index contributed by atoms with van der Waals surface area (Å²) in [5.74, 6) is 2.00. The standard InChI is InChI=1S/C22H34N2O4/c1-2-27-21-13-18(14-23-15-19-7-6-12-26-16-19)8-9-20(21)28-17-22(25)24-10-4-3-5-11-24/h8-9,13,19,23H,2-7,10-12,14-17H2,1H3. The number of piperidine rings is 1. The minimum absolute atomic E-state index is 0.0580. The van der Waals surface area contributed by atoms with E-state index in [1.54, 1.807) is 0 Å². The van der Waals surface area contributed by atoms with Crippen molar-refractivity contribution in [3.8, 4) is 11.5 Å². The molecule has 2 fully saturated rings. The quantitative estimate of drug-likeness (QED) is 0.702. The van der Waals surface area contributed by atoms with Crippen molar-refractivity contribution in [2.24, 2.45) is 5.92 Å². The first-order valence-electron chi connectivity index (χ1n) is 10.7. The van der Waals surface area contributed by atoms with Gasteiger partial charge in [0.2, 0.25) is 0 Å². The molecule has 1 unspecified atom stereocenters. The van der Waals surface area contributed by atoms with Crippen molar-refractivity contribution < 1.29 is 19.0 Å². The summed E-state index contributed by atoms with van der Waals surface area (Å²) in [5.41, 5.74) is 1.15. The second-order valence-electron chi connectivity index (χ2n) is 7.66. The van der Waals surface area contributed by atoms with E-state index in [-0.39, 0.29) is 12.5 Å². The molecule has 2 heterocycles. The second kappa shape index (κ2) is 11.3. The highest BCUT2D eigenvalue weighted by atomic mass is 16.5. The number of likely N-dealkylation sites (tertiary alicyclic amines) is 1. The molecule has 0 aliphatic carbocycles. The molecule has 2 saturated heterocycles. The minimum Gasteiger partial charge on any atom is -0.490 e. The van der Waals surface area contributed by atoms with E-state index in [9.17, 15) is 4.79 Å². The van der Waals surface area contributed by atoms with Crippen LogP contribution in [-0.4, -0.2) is 56.9 Å². The monoisotopic (exact) mass is 390 g/mol. The summed E-state index contributed by atoms with van der Waals surface area (Å²) in [5, 5.41) is 3.52. The molecule has 0 spiro atoms. The van der Waals surface area contributed by atoms with Gasteiger partial charge in [0.1, 0.15) is 0 Å². The lowest BCUT2D eigenvalue weighted by Gasteiger charge is -2.26. The van der Waals surface area contributed by atoms with Gasteiger partial charge in [-0.25, -0.2) is 0 Å². The molecule has 1 aromatic rings. The summed E-state index contributed by atoms with van der Waals surface area (Å²) in [6, 6.07) is 5.96. The van der Waals surface area contributed by atoms with Crippen LogP contribution in [0.1, 0.15) is 44.6 Å². The predicted octanol–water partition coefficient (Wildman–Crippen LogP) is 2.99. The van der Waals surface area contributed by atoms with E-state index in [0.717, 1.165) is 64.2 Å². The zero-order valence-electron chi connectivity index (χ0n) is 17.1. The average Bonchev–Trinajstić information content (AvgIpc) is 2.74. The third kappa shape index (κ3) is 6.38. The van der Waals surface area contributed by atoms with Crippen molar-refractivity contribution in [1.82, 2.24) is 10.2 Å². The summed E-state index contributed by atoms with van der Waals surface area (Å²) in [4.78, 5) is 14.2. The van der Waals surface area contributed by atoms with E-state index in [2.05, 4.69) is 5.32 Å². The molecule has 0 saturated carbocycles. The second-order valence-corrected chi connectivity index (χ2v) is 7.66. The normalized spacial score (nSPS) is 20.0. The number of benzene rings is 1. The van der Waals surface area contributed by atoms with Gasteiger partial charge in [-0.05, 0) is 62.6 Å². The van der Waals surface area contributed by atoms with E-state index in [4.69, 9.17) is 14.2 Å². The van der Waals surface area contributed by atoms with Crippen LogP contribution in [0.25, 0.3) is 0 Å². The third-order valence-electron chi connectivity index (χ3n) is 5.38. The van der Waals surface area contributed by atoms with Gasteiger partial charge in [0.05, 0.1) is 13.2 Å². The zero-order valence-corrected chi connectivity index (χ0v) is 17.1. The maximum atomic E-state index is 12.3. The highest BCUT2D eigenvalue weighted by Crippen LogP contribution is 2.29. The van der Waals surface area contributed by atoms with Crippen LogP contribution in [0.3, 0.4) is 0 Å². The summed E-state index contributed by atoms with van der Waals surface area (Å²) < 4.78 is 17.1. The molecule has 0 radical (unpaired) electrons. The Hall–Kier alpha value is -1.79. The fourth-order valence-electron chi connectivity index (χ4n) is 3.81. The van der Waals surface area contributed by atoms with Crippen molar-refractivity contribution >= 4 is 5.91 Å². The number of rotatable bonds is 9. The first kappa shape index (κ1) is 20.9. The van der Waals surface area contributed by atoms with Crippen LogP contribution in [0.5, 0.6) is 11.5 Å². The molecular weight excluding hydrogens is 356 g/mol. The van der Waals surface area contributed by atoms with Crippen LogP contribution in [0, 0.1) is 5.92 Å². The molecule has 6 nitrogen and oxygen atoms in total. The Morgan fingerprint density at radius 1 is 1.18 bits per heavy atom. The van der Waals surface area contributed by atoms with Crippen molar-refractivity contribution in [2.45, 2.75) is 45.6 Å². The van der Waals surface area contributed by atoms with E-state index in [1.165, 1.54) is 12.8 Å². The van der Waals surface area contributed by atoms with Crippen LogP contribution in [-0.2, 0) is 16.1 Å². The average molecular weight is 391 g/mol. The molecule has 1 atom stereocenters. The minimum atomic E-state index is 0.0580. The van der Waals surface area contributed by atoms with Gasteiger partial charge in [-0.15, -0.1) is 0 Å². The van der Waals surface area contributed by atoms with Crippen LogP contribution >= 0.6 is 0 Å². The van der Waals surface area contributed by atoms with Crippen LogP contribution < -0.4 is 14.8 Å². The van der Waals surface area contributed by atoms with Gasteiger partial charge in [0.25, 0.3) is 5.91 Å². The number of amides is 1. The number of hydrogen-bond acceptors (Lipinski definition) is 5. The SMILES string of the molecule is CCOc1cc(CNCC2CCCOC2)ccc1OCC(=O)N1CCCCC1. The molecule has 0 bridgehead atoms. The molecule has 2 aliphatic rings. The third-order valence-corrected chi connectivity index (χ3v) is 5.38. The number of nitrogens with one attached hydrogen (secondary N) is 1. The number of carbonyl (C=O) groups is 1. The van der Waals surface area contributed by atoms with Gasteiger partial charge in [-0.3, -0.25) is 4.79 Å². The lowest BCUT2D eigenvalue weighted by atomic mass is 10.0. The van der Waals surface area contributed by atoms with Gasteiger partial charge < -0.3 is 24.4 Å². The molecule has 6 heteroatoms. The van der Waals surface area contributed by atoms with Crippen LogP contribution in [0.2, 0.25) is 0 Å². The van der Waals surface area contributed by atoms with E-state index >= 15 is 0 Å². The summed E-state index contributed by atoms with van der Waals surface area (Å²) in [6.45, 7) is 7.78. The lowest BCUT2D eigenvalue weighted by Crippen LogP contribution is -2.38. The number of carbonyl (C=O) groups excluding carboxylic acids is 1. The van der Waals surface area contributed by atoms with Crippen molar-refractivity contribution in [2.75, 3.05) is 46.1 Å². The zero-order chi connectivity index (χ0) is 19.6. The summed E-state index contributed by atoms with van der Waals surface area (Å²) >= 11 is 0. The number of ether oxygens (including phenoxy) is 3. The smallest absolute Gasteiger partial charge is 0.260 e. The molecule has 3 rings (SSSR count). The van der Waals surface area contributed by atoms with Gasteiger partial charge >= 0.3 is 0 Å². The van der Waals surface area contributed by atoms with Gasteiger partial charge in [0.15, 0.2) is 18.1 Å². The first-order valence-corrected chi connectivity index (χ1v) is 10.7. The van der Waals surface area contributed by atoms with Crippen molar-refractivity contribution in [3.05, 3.63) is 23.8 Å². The Kier molecular flexibility index (Phi) is 8.42. The molecule has 156 valence electrons. The maximum absolute atomic E-state index is 12.3. The highest BCUT2D eigenvalue weighted by molar-refractivity contribution is 5.78. The van der Waals surface area contributed by atoms with Gasteiger partial charge in [0, 0.05) is 32.8 Å². The van der Waals surface area contributed by atoms with E-state index < -0.39 is 0 Å². The van der Waals surface area contributed by atoms with Crippen LogP contribution in [0.15, 0.2) is 18.2 Å². The topological polar surface area (TPSA) is 60.0 Å². The fourth-order valence-corrected chi connectivity index (χ4v) is 3.81. The molecule has 1 amide bonds. The Morgan fingerprint density at radius 2 is 2.04 bits per heavy atom. The summed E-state index contributed by atoms with van der Waals surface area (Å²) in [7, 11) is 0. The Labute approximate surface area is 168 Å². The molecule has 1 aromatic carbocycles. The van der Waals surface area contributed by atoms with Gasteiger partial charge in [-0.2, -0.15) is 0 Å². The summed E-state index contributed by atoms with van der Waals surface area (Å²) in [6.07, 6.45) is 5.77. The largest absolute Gasteiger partial charge is 0.490 e. The maximum Gasteiger partial charge on any atom is 0.260 e. The molecule has 0 aromatic heterocycles. The fraction of sp³-hybridized carbons (Fsp3) is 0.682. The molecular formula is C22H34N2O4. The number of nitrogens with zero attached hydrogens (tertiary/aromatic N) is 1. The molecule has 28 heavy (non-hydrogen) atoms. The Balaban J connectivity index is 1.50. The van der Waals surface area contributed by atoms with Crippen molar-refractivity contribution in [1.29, 1.82) is 0 Å².